The molecule has 1 atom stereocenters. The number of fused-ring (bicyclic) bond motifs is 1. The zero-order valence-corrected chi connectivity index (χ0v) is 21.3. The van der Waals surface area contributed by atoms with Crippen molar-refractivity contribution in [1.29, 1.82) is 0 Å². The lowest BCUT2D eigenvalue weighted by atomic mass is 9.99. The minimum Gasteiger partial charge on any atom is -0.492 e. The summed E-state index contributed by atoms with van der Waals surface area (Å²) in [7, 11) is 5.91. The molecule has 0 aliphatic rings. The first kappa shape index (κ1) is 24.9. The largest absolute Gasteiger partial charge is 0.492 e. The van der Waals surface area contributed by atoms with Crippen molar-refractivity contribution in [2.75, 3.05) is 20.7 Å². The number of aryl methyl sites for hydroxylation is 1. The van der Waals surface area contributed by atoms with Crippen LogP contribution in [0.1, 0.15) is 42.6 Å². The zero-order valence-electron chi connectivity index (χ0n) is 21.3. The van der Waals surface area contributed by atoms with Crippen LogP contribution in [-0.4, -0.2) is 49.9 Å². The third-order valence-electron chi connectivity index (χ3n) is 6.33. The maximum absolute atomic E-state index is 14.2. The molecular weight excluding hydrogens is 445 g/mol. The van der Waals surface area contributed by atoms with E-state index in [1.807, 2.05) is 66.4 Å². The molecule has 1 N–H and O–H groups in total. The molecule has 186 valence electrons. The van der Waals surface area contributed by atoms with E-state index < -0.39 is 6.10 Å². The smallest absolute Gasteiger partial charge is 0.136 e. The van der Waals surface area contributed by atoms with Gasteiger partial charge in [0, 0.05) is 54.7 Å². The first-order chi connectivity index (χ1) is 16.7. The van der Waals surface area contributed by atoms with E-state index in [4.69, 9.17) is 4.74 Å². The van der Waals surface area contributed by atoms with Crippen LogP contribution in [0.15, 0.2) is 42.7 Å². The number of hydrogen-bond acceptors (Lipinski definition) is 5. The van der Waals surface area contributed by atoms with Gasteiger partial charge in [-0.3, -0.25) is 4.68 Å². The zero-order chi connectivity index (χ0) is 25.3. The number of pyridine rings is 1. The molecule has 0 aliphatic carbocycles. The number of nitrogens with zero attached hydrogens (tertiary/aromatic N) is 5. The van der Waals surface area contributed by atoms with Crippen molar-refractivity contribution in [3.63, 3.8) is 0 Å². The minimum atomic E-state index is -0.645. The summed E-state index contributed by atoms with van der Waals surface area (Å²) >= 11 is 0. The Morgan fingerprint density at radius 1 is 1.17 bits per heavy atom. The fraction of sp³-hybridized carbons (Fsp3) is 0.407. The summed E-state index contributed by atoms with van der Waals surface area (Å²) in [6.45, 7) is 7.01. The summed E-state index contributed by atoms with van der Waals surface area (Å²) in [5, 5.41) is 15.2. The molecule has 7 nitrogen and oxygen atoms in total. The topological polar surface area (TPSA) is 67.8 Å². The van der Waals surface area contributed by atoms with E-state index in [0.717, 1.165) is 40.3 Å². The second-order valence-electron chi connectivity index (χ2n) is 9.63. The van der Waals surface area contributed by atoms with E-state index in [1.54, 1.807) is 10.7 Å². The van der Waals surface area contributed by atoms with Gasteiger partial charge in [-0.15, -0.1) is 0 Å². The van der Waals surface area contributed by atoms with Crippen LogP contribution >= 0.6 is 0 Å². The van der Waals surface area contributed by atoms with Gasteiger partial charge < -0.3 is 19.1 Å². The first-order valence-corrected chi connectivity index (χ1v) is 11.9. The molecular formula is C27H34FN5O2. The number of ether oxygens (including phenoxy) is 1. The highest BCUT2D eigenvalue weighted by atomic mass is 19.1. The molecule has 1 aromatic carbocycles. The third kappa shape index (κ3) is 5.23. The van der Waals surface area contributed by atoms with Crippen LogP contribution in [0.2, 0.25) is 0 Å². The van der Waals surface area contributed by atoms with E-state index in [-0.39, 0.29) is 11.7 Å². The summed E-state index contributed by atoms with van der Waals surface area (Å²) in [4.78, 5) is 6.58. The molecule has 0 saturated heterocycles. The predicted molar refractivity (Wildman–Crippen MR) is 135 cm³/mol. The van der Waals surface area contributed by atoms with Gasteiger partial charge in [0.15, 0.2) is 0 Å². The van der Waals surface area contributed by atoms with E-state index in [0.29, 0.717) is 24.5 Å². The average Bonchev–Trinajstić information content (AvgIpc) is 3.33. The summed E-state index contributed by atoms with van der Waals surface area (Å²) < 4.78 is 24.2. The Hall–Kier alpha value is -3.23. The van der Waals surface area contributed by atoms with E-state index in [9.17, 15) is 9.50 Å². The number of hydrogen-bond donors (Lipinski definition) is 1. The highest BCUT2D eigenvalue weighted by Crippen LogP contribution is 2.32. The number of benzene rings is 1. The highest BCUT2D eigenvalue weighted by Gasteiger charge is 2.22. The standard InChI is InChI=1S/C27H34FN5O2/c1-17(2)27(34)26-22(18(3)32(6)30-26)11-12-35-24-13-20(28)8-9-23(24)19-7-10-25-29-14-21(16-31(4)5)33(25)15-19/h7-10,13-15,17,27,34H,11-12,16H2,1-6H3. The fourth-order valence-electron chi connectivity index (χ4n) is 4.29. The number of rotatable bonds is 9. The third-order valence-corrected chi connectivity index (χ3v) is 6.33. The Kier molecular flexibility index (Phi) is 7.23. The fourth-order valence-corrected chi connectivity index (χ4v) is 4.29. The number of aromatic nitrogens is 4. The van der Waals surface area contributed by atoms with Gasteiger partial charge in [-0.1, -0.05) is 13.8 Å². The van der Waals surface area contributed by atoms with E-state index in [1.165, 1.54) is 12.1 Å². The normalized spacial score (nSPS) is 12.7. The number of aliphatic hydroxyl groups is 1. The van der Waals surface area contributed by atoms with Crippen molar-refractivity contribution in [3.05, 3.63) is 71.2 Å². The van der Waals surface area contributed by atoms with Crippen molar-refractivity contribution < 1.29 is 14.2 Å². The Bertz CT molecular complexity index is 1320. The van der Waals surface area contributed by atoms with E-state index >= 15 is 0 Å². The summed E-state index contributed by atoms with van der Waals surface area (Å²) in [5.74, 6) is 0.176. The van der Waals surface area contributed by atoms with Gasteiger partial charge in [-0.2, -0.15) is 5.10 Å². The molecule has 3 aromatic heterocycles. The van der Waals surface area contributed by atoms with Crippen LogP contribution in [0.4, 0.5) is 4.39 Å². The van der Waals surface area contributed by atoms with Crippen LogP contribution in [0.3, 0.4) is 0 Å². The Morgan fingerprint density at radius 3 is 2.66 bits per heavy atom. The Balaban J connectivity index is 1.60. The number of imidazole rings is 1. The van der Waals surface area contributed by atoms with Crippen molar-refractivity contribution in [1.82, 2.24) is 24.1 Å². The van der Waals surface area contributed by atoms with Crippen molar-refractivity contribution in [2.45, 2.75) is 39.8 Å². The summed E-state index contributed by atoms with van der Waals surface area (Å²) in [5.41, 5.74) is 6.30. The lowest BCUT2D eigenvalue weighted by Crippen LogP contribution is -2.12. The molecule has 35 heavy (non-hydrogen) atoms. The molecule has 0 radical (unpaired) electrons. The molecule has 8 heteroatoms. The molecule has 0 amide bonds. The summed E-state index contributed by atoms with van der Waals surface area (Å²) in [6, 6.07) is 8.56. The number of halogens is 1. The first-order valence-electron chi connectivity index (χ1n) is 11.9. The molecule has 4 rings (SSSR count). The Labute approximate surface area is 205 Å². The van der Waals surface area contributed by atoms with Crippen molar-refractivity contribution in [2.24, 2.45) is 13.0 Å². The van der Waals surface area contributed by atoms with Gasteiger partial charge in [0.25, 0.3) is 0 Å². The van der Waals surface area contributed by atoms with Crippen molar-refractivity contribution >= 4 is 5.65 Å². The van der Waals surface area contributed by atoms with Gasteiger partial charge >= 0.3 is 0 Å². The van der Waals surface area contributed by atoms with Gasteiger partial charge in [-0.05, 0) is 51.2 Å². The van der Waals surface area contributed by atoms with Gasteiger partial charge in [0.2, 0.25) is 0 Å². The highest BCUT2D eigenvalue weighted by molar-refractivity contribution is 5.71. The maximum atomic E-state index is 14.2. The molecule has 0 aliphatic heterocycles. The molecule has 0 fully saturated rings. The minimum absolute atomic E-state index is 0.0503. The quantitative estimate of drug-likeness (QED) is 0.381. The van der Waals surface area contributed by atoms with Gasteiger partial charge in [0.05, 0.1) is 24.2 Å². The molecule has 1 unspecified atom stereocenters. The molecule has 3 heterocycles. The Morgan fingerprint density at radius 2 is 1.94 bits per heavy atom. The molecule has 0 saturated carbocycles. The summed E-state index contributed by atoms with van der Waals surface area (Å²) in [6.07, 6.45) is 3.81. The van der Waals surface area contributed by atoms with Crippen LogP contribution < -0.4 is 4.74 Å². The molecule has 0 spiro atoms. The second-order valence-corrected chi connectivity index (χ2v) is 9.63. The van der Waals surface area contributed by atoms with Crippen LogP contribution in [0, 0.1) is 18.7 Å². The van der Waals surface area contributed by atoms with Gasteiger partial charge in [-0.25, -0.2) is 9.37 Å². The molecule has 4 aromatic rings. The van der Waals surface area contributed by atoms with Crippen LogP contribution in [-0.2, 0) is 20.0 Å². The lowest BCUT2D eigenvalue weighted by molar-refractivity contribution is 0.120. The van der Waals surface area contributed by atoms with Crippen molar-refractivity contribution in [3.8, 4) is 16.9 Å². The lowest BCUT2D eigenvalue weighted by Gasteiger charge is -2.16. The van der Waals surface area contributed by atoms with E-state index in [2.05, 4.69) is 19.4 Å². The maximum Gasteiger partial charge on any atom is 0.136 e. The van der Waals surface area contributed by atoms with Crippen LogP contribution in [0.5, 0.6) is 5.75 Å². The SMILES string of the molecule is Cc1c(CCOc2cc(F)ccc2-c2ccc3ncc(CN(C)C)n3c2)c(C(O)C(C)C)nn1C. The predicted octanol–water partition coefficient (Wildman–Crippen LogP) is 4.55. The van der Waals surface area contributed by atoms with Crippen LogP contribution in [0.25, 0.3) is 16.8 Å². The number of aliphatic hydroxyl groups excluding tert-OH is 1. The molecule has 0 bridgehead atoms. The second kappa shape index (κ2) is 10.2. The average molecular weight is 480 g/mol. The van der Waals surface area contributed by atoms with Gasteiger partial charge in [0.1, 0.15) is 23.3 Å². The monoisotopic (exact) mass is 479 g/mol.